The second kappa shape index (κ2) is 8.62. The molecule has 0 saturated carbocycles. The molecular weight excluding hydrogens is 408 g/mol. The van der Waals surface area contributed by atoms with Crippen LogP contribution in [0.3, 0.4) is 0 Å². The van der Waals surface area contributed by atoms with Crippen molar-refractivity contribution >= 4 is 9.04 Å². The van der Waals surface area contributed by atoms with Crippen molar-refractivity contribution in [2.24, 2.45) is 0 Å². The van der Waals surface area contributed by atoms with Gasteiger partial charge in [0.05, 0.1) is 18.2 Å². The van der Waals surface area contributed by atoms with Gasteiger partial charge in [-0.15, -0.1) is 0 Å². The quantitative estimate of drug-likeness (QED) is 0.694. The smallest absolute Gasteiger partial charge is 0.218 e. The lowest BCUT2D eigenvalue weighted by atomic mass is 9.84. The lowest BCUT2D eigenvalue weighted by Crippen LogP contribution is -2.50. The highest BCUT2D eigenvalue weighted by Crippen LogP contribution is 2.44. The van der Waals surface area contributed by atoms with Gasteiger partial charge in [-0.2, -0.15) is 5.26 Å². The largest absolute Gasteiger partial charge is 0.485 e. The van der Waals surface area contributed by atoms with Gasteiger partial charge in [0.15, 0.2) is 15.1 Å². The van der Waals surface area contributed by atoms with Gasteiger partial charge in [0, 0.05) is 17.3 Å². The minimum Gasteiger partial charge on any atom is -0.485 e. The second-order valence-electron chi connectivity index (χ2n) is 9.81. The maximum atomic E-state index is 11.1. The third kappa shape index (κ3) is 4.92. The van der Waals surface area contributed by atoms with E-state index in [4.69, 9.17) is 13.9 Å². The molecule has 0 aliphatic carbocycles. The van der Waals surface area contributed by atoms with Crippen LogP contribution in [-0.2, 0) is 16.4 Å². The summed E-state index contributed by atoms with van der Waals surface area (Å²) >= 11 is 0. The minimum atomic E-state index is -1.20. The number of nitriles is 1. The third-order valence-corrected chi connectivity index (χ3v) is 6.21. The number of aromatic nitrogens is 1. The molecule has 1 N–H and O–H groups in total. The summed E-state index contributed by atoms with van der Waals surface area (Å²) in [6, 6.07) is 9.29. The number of aliphatic hydroxyl groups excluding tert-OH is 1. The number of ether oxygens (including phenoxy) is 2. The van der Waals surface area contributed by atoms with Crippen LogP contribution < -0.4 is 9.47 Å². The fourth-order valence-corrected chi connectivity index (χ4v) is 4.32. The van der Waals surface area contributed by atoms with Crippen molar-refractivity contribution in [1.29, 1.82) is 5.26 Å². The molecule has 1 aliphatic rings. The van der Waals surface area contributed by atoms with Gasteiger partial charge in [0.2, 0.25) is 5.88 Å². The standard InChI is InChI=1S/C24H32N2O4Si/c1-23(2,3)19-16(14-28-31(6)7)10-11-26-22(19)29-20-17-12-15(13-25)8-9-18(17)30-24(4,5)21(20)27/h8-12,20-21,27,31H,14H2,1-7H3/t20-,21+/m1/s1. The summed E-state index contributed by atoms with van der Waals surface area (Å²) in [5, 5.41) is 20.5. The molecule has 2 aromatic rings. The van der Waals surface area contributed by atoms with Crippen LogP contribution in [0.5, 0.6) is 11.6 Å². The van der Waals surface area contributed by atoms with E-state index in [0.29, 0.717) is 29.4 Å². The van der Waals surface area contributed by atoms with E-state index in [2.05, 4.69) is 44.9 Å². The maximum absolute atomic E-state index is 11.1. The van der Waals surface area contributed by atoms with Crippen LogP contribution in [0.1, 0.15) is 63.0 Å². The summed E-state index contributed by atoms with van der Waals surface area (Å²) < 4.78 is 18.4. The molecule has 2 heterocycles. The first-order valence-corrected chi connectivity index (χ1v) is 13.4. The molecule has 3 rings (SSSR count). The zero-order valence-electron chi connectivity index (χ0n) is 19.4. The van der Waals surface area contributed by atoms with Crippen LogP contribution in [0, 0.1) is 11.3 Å². The van der Waals surface area contributed by atoms with E-state index in [9.17, 15) is 10.4 Å². The lowest BCUT2D eigenvalue weighted by Gasteiger charge is -2.42. The van der Waals surface area contributed by atoms with E-state index in [1.54, 1.807) is 24.4 Å². The summed E-state index contributed by atoms with van der Waals surface area (Å²) in [6.07, 6.45) is 0.0389. The van der Waals surface area contributed by atoms with Gasteiger partial charge in [-0.25, -0.2) is 4.98 Å². The van der Waals surface area contributed by atoms with Gasteiger partial charge in [-0.1, -0.05) is 20.8 Å². The van der Waals surface area contributed by atoms with Crippen LogP contribution in [0.25, 0.3) is 0 Å². The summed E-state index contributed by atoms with van der Waals surface area (Å²) in [7, 11) is -1.20. The van der Waals surface area contributed by atoms with Crippen molar-refractivity contribution in [3.63, 3.8) is 0 Å². The van der Waals surface area contributed by atoms with E-state index >= 15 is 0 Å². The Morgan fingerprint density at radius 1 is 1.26 bits per heavy atom. The molecule has 0 saturated heterocycles. The Kier molecular flexibility index (Phi) is 6.47. The average molecular weight is 441 g/mol. The lowest BCUT2D eigenvalue weighted by molar-refractivity contribution is -0.104. The molecule has 0 fully saturated rings. The first-order chi connectivity index (χ1) is 14.4. The molecule has 31 heavy (non-hydrogen) atoms. The van der Waals surface area contributed by atoms with Crippen molar-refractivity contribution in [3.05, 3.63) is 52.7 Å². The first-order valence-electron chi connectivity index (χ1n) is 10.6. The van der Waals surface area contributed by atoms with E-state index in [-0.39, 0.29) is 5.41 Å². The molecule has 0 bridgehead atoms. The normalized spacial score (nSPS) is 20.0. The van der Waals surface area contributed by atoms with Crippen molar-refractivity contribution in [2.75, 3.05) is 0 Å². The number of hydrogen-bond acceptors (Lipinski definition) is 6. The Bertz CT molecular complexity index is 992. The van der Waals surface area contributed by atoms with E-state index in [1.807, 2.05) is 19.9 Å². The fraction of sp³-hybridized carbons (Fsp3) is 0.500. The van der Waals surface area contributed by atoms with Crippen molar-refractivity contribution in [1.82, 2.24) is 4.98 Å². The Morgan fingerprint density at radius 3 is 2.58 bits per heavy atom. The second-order valence-corrected chi connectivity index (χ2v) is 12.2. The number of hydrogen-bond donors (Lipinski definition) is 1. The predicted molar refractivity (Wildman–Crippen MR) is 122 cm³/mol. The Morgan fingerprint density at radius 2 is 1.97 bits per heavy atom. The molecule has 0 radical (unpaired) electrons. The number of rotatable bonds is 5. The Labute approximate surface area is 186 Å². The number of fused-ring (bicyclic) bond motifs is 1. The highest BCUT2D eigenvalue weighted by Gasteiger charge is 2.45. The molecule has 1 aromatic carbocycles. The molecule has 0 unspecified atom stereocenters. The SMILES string of the molecule is C[SiH](C)OCc1ccnc(O[C@@H]2c3cc(C#N)ccc3OC(C)(C)[C@H]2O)c1C(C)(C)C. The molecule has 1 aromatic heterocycles. The molecule has 2 atom stereocenters. The molecule has 0 spiro atoms. The predicted octanol–water partition coefficient (Wildman–Crippen LogP) is 4.40. The summed E-state index contributed by atoms with van der Waals surface area (Å²) in [5.74, 6) is 1.07. The number of nitrogens with zero attached hydrogens (tertiary/aromatic N) is 2. The van der Waals surface area contributed by atoms with Crippen molar-refractivity contribution in [3.8, 4) is 17.7 Å². The molecule has 1 aliphatic heterocycles. The summed E-state index contributed by atoms with van der Waals surface area (Å²) in [6.45, 7) is 14.8. The highest BCUT2D eigenvalue weighted by molar-refractivity contribution is 6.48. The molecular formula is C24H32N2O4Si. The topological polar surface area (TPSA) is 84.6 Å². The van der Waals surface area contributed by atoms with Crippen molar-refractivity contribution < 1.29 is 19.0 Å². The van der Waals surface area contributed by atoms with E-state index < -0.39 is 26.8 Å². The van der Waals surface area contributed by atoms with Crippen LogP contribution in [0.2, 0.25) is 13.1 Å². The van der Waals surface area contributed by atoms with Crippen LogP contribution in [-0.4, -0.2) is 30.8 Å². The Balaban J connectivity index is 2.09. The van der Waals surface area contributed by atoms with Crippen LogP contribution in [0.4, 0.5) is 0 Å². The van der Waals surface area contributed by atoms with Gasteiger partial charge in [0.1, 0.15) is 17.5 Å². The van der Waals surface area contributed by atoms with Gasteiger partial charge in [-0.3, -0.25) is 0 Å². The highest BCUT2D eigenvalue weighted by atomic mass is 28.3. The number of pyridine rings is 1. The number of benzene rings is 1. The number of aliphatic hydroxyl groups is 1. The molecule has 7 heteroatoms. The summed E-state index contributed by atoms with van der Waals surface area (Å²) in [5.41, 5.74) is 2.01. The summed E-state index contributed by atoms with van der Waals surface area (Å²) in [4.78, 5) is 4.54. The molecule has 0 amide bonds. The monoisotopic (exact) mass is 440 g/mol. The maximum Gasteiger partial charge on any atom is 0.218 e. The van der Waals surface area contributed by atoms with Crippen molar-refractivity contribution in [2.45, 2.75) is 77.5 Å². The fourth-order valence-electron chi connectivity index (χ4n) is 3.81. The van der Waals surface area contributed by atoms with Gasteiger partial charge >= 0.3 is 0 Å². The third-order valence-electron chi connectivity index (χ3n) is 5.38. The van der Waals surface area contributed by atoms with Crippen LogP contribution in [0.15, 0.2) is 30.5 Å². The van der Waals surface area contributed by atoms with E-state index in [1.165, 1.54) is 0 Å². The zero-order valence-corrected chi connectivity index (χ0v) is 20.5. The Hall–Kier alpha value is -2.40. The zero-order chi connectivity index (χ0) is 23.0. The molecule has 6 nitrogen and oxygen atoms in total. The van der Waals surface area contributed by atoms with Gasteiger partial charge in [-0.05, 0) is 62.2 Å². The van der Waals surface area contributed by atoms with Crippen LogP contribution >= 0.6 is 0 Å². The van der Waals surface area contributed by atoms with Gasteiger partial charge < -0.3 is 19.0 Å². The average Bonchev–Trinajstić information content (AvgIpc) is 2.68. The molecule has 166 valence electrons. The first kappa shape index (κ1) is 23.3. The van der Waals surface area contributed by atoms with Gasteiger partial charge in [0.25, 0.3) is 0 Å². The minimum absolute atomic E-state index is 0.246. The van der Waals surface area contributed by atoms with E-state index in [0.717, 1.165) is 11.1 Å².